The lowest BCUT2D eigenvalue weighted by Gasteiger charge is -2.15. The zero-order valence-corrected chi connectivity index (χ0v) is 10.3. The number of ether oxygens (including phenoxy) is 1. The van der Waals surface area contributed by atoms with Crippen LogP contribution in [0.1, 0.15) is 17.3 Å². The monoisotopic (exact) mass is 275 g/mol. The van der Waals surface area contributed by atoms with E-state index in [1.165, 1.54) is 12.1 Å². The van der Waals surface area contributed by atoms with Gasteiger partial charge >= 0.3 is 11.9 Å². The van der Waals surface area contributed by atoms with E-state index in [4.69, 9.17) is 9.84 Å². The second-order valence-corrected chi connectivity index (χ2v) is 3.92. The van der Waals surface area contributed by atoms with Crippen molar-refractivity contribution in [1.29, 1.82) is 0 Å². The van der Waals surface area contributed by atoms with Gasteiger partial charge in [0.2, 0.25) is 0 Å². The quantitative estimate of drug-likeness (QED) is 0.496. The van der Waals surface area contributed by atoms with Gasteiger partial charge < -0.3 is 9.84 Å². The zero-order valence-electron chi connectivity index (χ0n) is 10.3. The van der Waals surface area contributed by atoms with Crippen molar-refractivity contribution in [2.75, 3.05) is 4.90 Å². The number of imide groups is 1. The van der Waals surface area contributed by atoms with Gasteiger partial charge in [-0.15, -0.1) is 0 Å². The molecule has 0 spiro atoms. The van der Waals surface area contributed by atoms with Crippen LogP contribution in [0.3, 0.4) is 0 Å². The topological polar surface area (TPSA) is 101 Å². The summed E-state index contributed by atoms with van der Waals surface area (Å²) >= 11 is 0. The Morgan fingerprint density at radius 3 is 2.25 bits per heavy atom. The smallest absolute Gasteiger partial charge is 0.339 e. The second-order valence-electron chi connectivity index (χ2n) is 3.92. The van der Waals surface area contributed by atoms with Crippen molar-refractivity contribution in [3.8, 4) is 5.75 Å². The van der Waals surface area contributed by atoms with Gasteiger partial charge in [0.15, 0.2) is 0 Å². The molecule has 0 unspecified atom stereocenters. The van der Waals surface area contributed by atoms with E-state index in [1.54, 1.807) is 0 Å². The van der Waals surface area contributed by atoms with Crippen molar-refractivity contribution in [2.45, 2.75) is 6.92 Å². The minimum absolute atomic E-state index is 0.0957. The average Bonchev–Trinajstić information content (AvgIpc) is 2.69. The molecule has 20 heavy (non-hydrogen) atoms. The van der Waals surface area contributed by atoms with Crippen LogP contribution in [-0.4, -0.2) is 28.9 Å². The molecule has 0 radical (unpaired) electrons. The van der Waals surface area contributed by atoms with Gasteiger partial charge in [0.1, 0.15) is 11.3 Å². The summed E-state index contributed by atoms with van der Waals surface area (Å²) in [7, 11) is 0. The third-order valence-corrected chi connectivity index (χ3v) is 2.51. The number of anilines is 1. The molecule has 0 aromatic heterocycles. The molecule has 7 heteroatoms. The molecule has 7 nitrogen and oxygen atoms in total. The highest BCUT2D eigenvalue weighted by atomic mass is 16.5. The number of aromatic carboxylic acids is 1. The molecule has 1 N–H and O–H groups in total. The Morgan fingerprint density at radius 2 is 1.75 bits per heavy atom. The van der Waals surface area contributed by atoms with E-state index in [2.05, 4.69) is 0 Å². The molecule has 1 aliphatic rings. The highest BCUT2D eigenvalue weighted by Crippen LogP contribution is 2.27. The third kappa shape index (κ3) is 2.41. The summed E-state index contributed by atoms with van der Waals surface area (Å²) in [4.78, 5) is 45.9. The predicted molar refractivity (Wildman–Crippen MR) is 66.3 cm³/mol. The van der Waals surface area contributed by atoms with E-state index in [1.807, 2.05) is 0 Å². The fourth-order valence-electron chi connectivity index (χ4n) is 1.72. The van der Waals surface area contributed by atoms with E-state index in [-0.39, 0.29) is 17.0 Å². The lowest BCUT2D eigenvalue weighted by atomic mass is 10.1. The van der Waals surface area contributed by atoms with E-state index in [0.717, 1.165) is 30.0 Å². The van der Waals surface area contributed by atoms with Gasteiger partial charge in [0.05, 0.1) is 5.69 Å². The van der Waals surface area contributed by atoms with Crippen LogP contribution in [0.15, 0.2) is 30.4 Å². The minimum atomic E-state index is -1.34. The van der Waals surface area contributed by atoms with Crippen LogP contribution in [0.5, 0.6) is 5.75 Å². The van der Waals surface area contributed by atoms with Crippen molar-refractivity contribution in [2.24, 2.45) is 0 Å². The van der Waals surface area contributed by atoms with Crippen LogP contribution in [0.4, 0.5) is 5.69 Å². The number of esters is 1. The molecule has 1 heterocycles. The Bertz CT molecular complexity index is 643. The average molecular weight is 275 g/mol. The molecule has 2 amide bonds. The summed E-state index contributed by atoms with van der Waals surface area (Å²) in [5, 5.41) is 9.08. The largest absolute Gasteiger partial charge is 0.478 e. The molecule has 0 aliphatic carbocycles. The number of benzene rings is 1. The number of hydrogen-bond acceptors (Lipinski definition) is 5. The fraction of sp³-hybridized carbons (Fsp3) is 0.0769. The Morgan fingerprint density at radius 1 is 1.15 bits per heavy atom. The fourth-order valence-corrected chi connectivity index (χ4v) is 1.72. The molecule has 2 rings (SSSR count). The Labute approximate surface area is 113 Å². The van der Waals surface area contributed by atoms with Gasteiger partial charge in [-0.3, -0.25) is 14.4 Å². The van der Waals surface area contributed by atoms with Crippen LogP contribution in [-0.2, 0) is 14.4 Å². The maximum Gasteiger partial charge on any atom is 0.339 e. The normalized spacial score (nSPS) is 13.8. The van der Waals surface area contributed by atoms with Crippen molar-refractivity contribution in [3.05, 3.63) is 35.9 Å². The maximum absolute atomic E-state index is 11.5. The van der Waals surface area contributed by atoms with E-state index >= 15 is 0 Å². The lowest BCUT2D eigenvalue weighted by Crippen LogP contribution is -2.29. The van der Waals surface area contributed by atoms with Crippen LogP contribution in [0, 0.1) is 0 Å². The number of rotatable bonds is 3. The summed E-state index contributed by atoms with van der Waals surface area (Å²) in [6.45, 7) is 1.14. The second kappa shape index (κ2) is 4.96. The number of carboxylic acid groups (broad SMARTS) is 1. The highest BCUT2D eigenvalue weighted by molar-refractivity contribution is 6.28. The first-order valence-electron chi connectivity index (χ1n) is 5.52. The Kier molecular flexibility index (Phi) is 3.34. The molecule has 0 saturated carbocycles. The minimum Gasteiger partial charge on any atom is -0.478 e. The molecule has 1 aromatic carbocycles. The van der Waals surface area contributed by atoms with Gasteiger partial charge in [-0.25, -0.2) is 9.69 Å². The van der Waals surface area contributed by atoms with Gasteiger partial charge in [0.25, 0.3) is 11.8 Å². The molecule has 102 valence electrons. The lowest BCUT2D eigenvalue weighted by molar-refractivity contribution is -0.132. The van der Waals surface area contributed by atoms with Gasteiger partial charge in [-0.05, 0) is 18.2 Å². The van der Waals surface area contributed by atoms with Crippen LogP contribution in [0.25, 0.3) is 0 Å². The molecular formula is C13H9NO6. The molecule has 0 saturated heterocycles. The number of hydrogen-bond donors (Lipinski definition) is 1. The van der Waals surface area contributed by atoms with Crippen LogP contribution >= 0.6 is 0 Å². The molecule has 1 aromatic rings. The number of amides is 2. The summed E-state index contributed by atoms with van der Waals surface area (Å²) in [6, 6.07) is 3.65. The van der Waals surface area contributed by atoms with E-state index in [9.17, 15) is 19.2 Å². The third-order valence-electron chi connectivity index (χ3n) is 2.51. The molecule has 0 atom stereocenters. The first-order chi connectivity index (χ1) is 9.40. The van der Waals surface area contributed by atoms with Gasteiger partial charge in [-0.2, -0.15) is 0 Å². The molecule has 1 aliphatic heterocycles. The molecule has 0 fully saturated rings. The van der Waals surface area contributed by atoms with Crippen molar-refractivity contribution in [1.82, 2.24) is 0 Å². The first kappa shape index (κ1) is 13.5. The molecular weight excluding hydrogens is 266 g/mol. The first-order valence-corrected chi connectivity index (χ1v) is 5.52. The number of nitrogens with zero attached hydrogens (tertiary/aromatic N) is 1. The van der Waals surface area contributed by atoms with Gasteiger partial charge in [0, 0.05) is 19.1 Å². The van der Waals surface area contributed by atoms with Crippen molar-refractivity contribution < 1.29 is 29.0 Å². The number of carboxylic acids is 1. The Hall–Kier alpha value is -2.96. The summed E-state index contributed by atoms with van der Waals surface area (Å²) in [5.41, 5.74) is -0.219. The van der Waals surface area contributed by atoms with Crippen molar-refractivity contribution >= 4 is 29.4 Å². The number of carbonyl (C=O) groups is 4. The van der Waals surface area contributed by atoms with E-state index < -0.39 is 23.8 Å². The summed E-state index contributed by atoms with van der Waals surface area (Å²) < 4.78 is 4.75. The van der Waals surface area contributed by atoms with Crippen molar-refractivity contribution in [3.63, 3.8) is 0 Å². The standard InChI is InChI=1S/C13H9NO6/c1-7(15)20-10-3-2-8(6-9(10)13(18)19)14-11(16)4-5-12(14)17/h2-6H,1H3,(H,18,19). The predicted octanol–water partition coefficient (Wildman–Crippen LogP) is 0.739. The number of carbonyl (C=O) groups excluding carboxylic acids is 3. The summed E-state index contributed by atoms with van der Waals surface area (Å²) in [6.07, 6.45) is 2.17. The van der Waals surface area contributed by atoms with Crippen LogP contribution < -0.4 is 9.64 Å². The highest BCUT2D eigenvalue weighted by Gasteiger charge is 2.26. The summed E-state index contributed by atoms with van der Waals surface area (Å²) in [5.74, 6) is -3.29. The van der Waals surface area contributed by atoms with Crippen LogP contribution in [0.2, 0.25) is 0 Å². The van der Waals surface area contributed by atoms with Gasteiger partial charge in [-0.1, -0.05) is 0 Å². The SMILES string of the molecule is CC(=O)Oc1ccc(N2C(=O)C=CC2=O)cc1C(=O)O. The Balaban J connectivity index is 2.45. The maximum atomic E-state index is 11.5. The van der Waals surface area contributed by atoms with E-state index in [0.29, 0.717) is 0 Å². The molecule has 0 bridgehead atoms. The zero-order chi connectivity index (χ0) is 14.9.